The third kappa shape index (κ3) is 5.22. The maximum absolute atomic E-state index is 13.5. The van der Waals surface area contributed by atoms with Gasteiger partial charge in [0.25, 0.3) is 0 Å². The molecular weight excluding hydrogens is 475 g/mol. The Labute approximate surface area is 197 Å². The lowest BCUT2D eigenvalue weighted by atomic mass is 10.1. The van der Waals surface area contributed by atoms with Crippen LogP contribution in [0.4, 0.5) is 10.1 Å². The second-order valence-corrected chi connectivity index (χ2v) is 9.62. The van der Waals surface area contributed by atoms with E-state index in [1.807, 2.05) is 29.6 Å². The molecule has 0 aliphatic carbocycles. The van der Waals surface area contributed by atoms with Crippen LogP contribution in [-0.4, -0.2) is 32.9 Å². The third-order valence-electron chi connectivity index (χ3n) is 5.00. The van der Waals surface area contributed by atoms with Gasteiger partial charge in [-0.15, -0.1) is 16.1 Å². The molecule has 7 nitrogen and oxygen atoms in total. The zero-order valence-corrected chi connectivity index (χ0v) is 19.3. The molecule has 4 rings (SSSR count). The van der Waals surface area contributed by atoms with Gasteiger partial charge in [0.15, 0.2) is 0 Å². The predicted molar refractivity (Wildman–Crippen MR) is 123 cm³/mol. The number of amides is 1. The van der Waals surface area contributed by atoms with Gasteiger partial charge < -0.3 is 14.6 Å². The lowest BCUT2D eigenvalue weighted by Crippen LogP contribution is -2.57. The van der Waals surface area contributed by atoms with E-state index in [1.54, 1.807) is 17.6 Å². The number of aromatic nitrogens is 1. The van der Waals surface area contributed by atoms with Crippen molar-refractivity contribution in [3.8, 4) is 5.75 Å². The van der Waals surface area contributed by atoms with E-state index in [0.29, 0.717) is 17.9 Å². The van der Waals surface area contributed by atoms with Gasteiger partial charge in [0.05, 0.1) is 18.7 Å². The average molecular weight is 495 g/mol. The second-order valence-electron chi connectivity index (χ2n) is 7.08. The zero-order valence-electron chi connectivity index (χ0n) is 17.0. The summed E-state index contributed by atoms with van der Waals surface area (Å²) >= 11 is 5.63. The molecule has 32 heavy (non-hydrogen) atoms. The van der Waals surface area contributed by atoms with Crippen LogP contribution in [0.1, 0.15) is 23.0 Å². The van der Waals surface area contributed by atoms with Gasteiger partial charge in [0.2, 0.25) is 5.91 Å². The molecular formula is C21H20ClFN4O3S2. The molecule has 1 fully saturated rings. The van der Waals surface area contributed by atoms with Gasteiger partial charge in [0.1, 0.15) is 40.2 Å². The number of thiazole rings is 1. The number of ether oxygens (including phenoxy) is 1. The number of nitrogens with one attached hydrogen (secondary N) is 2. The van der Waals surface area contributed by atoms with Gasteiger partial charge in [0, 0.05) is 23.7 Å². The van der Waals surface area contributed by atoms with Crippen LogP contribution in [0, 0.1) is 5.82 Å². The molecule has 168 valence electrons. The smallest absolute Gasteiger partial charge is 0.246 e. The number of methoxy groups -OCH3 is 1. The maximum Gasteiger partial charge on any atom is 0.246 e. The summed E-state index contributed by atoms with van der Waals surface area (Å²) in [6.07, 6.45) is 2.03. The Hall–Kier alpha value is -2.21. The van der Waals surface area contributed by atoms with E-state index in [-0.39, 0.29) is 23.5 Å². The number of rotatable bonds is 6. The minimum atomic E-state index is -1.65. The van der Waals surface area contributed by atoms with Crippen LogP contribution in [0.2, 0.25) is 5.02 Å². The minimum Gasteiger partial charge on any atom is -0.579 e. The molecule has 0 radical (unpaired) electrons. The summed E-state index contributed by atoms with van der Waals surface area (Å²) in [4.78, 5) is 17.5. The molecule has 3 aromatic rings. The Morgan fingerprint density at radius 1 is 1.41 bits per heavy atom. The van der Waals surface area contributed by atoms with Gasteiger partial charge in [-0.2, -0.15) is 0 Å². The molecule has 1 aliphatic heterocycles. The molecule has 3 unspecified atom stereocenters. The van der Waals surface area contributed by atoms with Crippen molar-refractivity contribution in [2.24, 2.45) is 0 Å². The van der Waals surface area contributed by atoms with Gasteiger partial charge in [-0.05, 0) is 35.9 Å². The molecule has 0 bridgehead atoms. The Kier molecular flexibility index (Phi) is 7.29. The monoisotopic (exact) mass is 494 g/mol. The van der Waals surface area contributed by atoms with Crippen LogP contribution in [0.5, 0.6) is 5.75 Å². The van der Waals surface area contributed by atoms with Crippen molar-refractivity contribution in [1.29, 1.82) is 0 Å². The van der Waals surface area contributed by atoms with Crippen LogP contribution in [0.3, 0.4) is 0 Å². The van der Waals surface area contributed by atoms with Crippen molar-refractivity contribution >= 4 is 46.1 Å². The zero-order chi connectivity index (χ0) is 22.7. The van der Waals surface area contributed by atoms with Gasteiger partial charge >= 0.3 is 0 Å². The summed E-state index contributed by atoms with van der Waals surface area (Å²) in [6.45, 7) is 0.274. The highest BCUT2D eigenvalue weighted by Gasteiger charge is 2.44. The van der Waals surface area contributed by atoms with E-state index in [4.69, 9.17) is 16.3 Å². The first-order valence-corrected chi connectivity index (χ1v) is 12.0. The highest BCUT2D eigenvalue weighted by atomic mass is 35.5. The average Bonchev–Trinajstić information content (AvgIpc) is 3.33. The fourth-order valence-corrected chi connectivity index (χ4v) is 5.59. The van der Waals surface area contributed by atoms with E-state index >= 15 is 0 Å². The molecule has 11 heteroatoms. The highest BCUT2D eigenvalue weighted by Crippen LogP contribution is 2.32. The van der Waals surface area contributed by atoms with E-state index < -0.39 is 23.4 Å². The predicted octanol–water partition coefficient (Wildman–Crippen LogP) is 4.07. The fourth-order valence-electron chi connectivity index (χ4n) is 3.37. The molecule has 1 saturated heterocycles. The van der Waals surface area contributed by atoms with Gasteiger partial charge in [-0.25, -0.2) is 9.37 Å². The number of carbonyl (C=O) groups excluding carboxylic acids is 1. The summed E-state index contributed by atoms with van der Waals surface area (Å²) in [6, 6.07) is 10.2. The molecule has 0 spiro atoms. The number of hydrogen-bond donors (Lipinski definition) is 2. The van der Waals surface area contributed by atoms with Crippen molar-refractivity contribution in [3.05, 3.63) is 75.5 Å². The van der Waals surface area contributed by atoms with Crippen molar-refractivity contribution < 1.29 is 18.5 Å². The van der Waals surface area contributed by atoms with Crippen LogP contribution in [0.25, 0.3) is 0 Å². The Morgan fingerprint density at radius 3 is 2.84 bits per heavy atom. The summed E-state index contributed by atoms with van der Waals surface area (Å²) in [5, 5.41) is 5.27. The molecule has 1 amide bonds. The first-order chi connectivity index (χ1) is 15.4. The molecule has 1 aromatic heterocycles. The van der Waals surface area contributed by atoms with Crippen molar-refractivity contribution in [2.75, 3.05) is 12.4 Å². The third-order valence-corrected chi connectivity index (χ3v) is 7.47. The van der Waals surface area contributed by atoms with Crippen LogP contribution in [-0.2, 0) is 22.9 Å². The van der Waals surface area contributed by atoms with E-state index in [0.717, 1.165) is 10.6 Å². The van der Waals surface area contributed by atoms with Crippen molar-refractivity contribution in [2.45, 2.75) is 25.0 Å². The van der Waals surface area contributed by atoms with Crippen LogP contribution in [0.15, 0.2) is 54.0 Å². The van der Waals surface area contributed by atoms with E-state index in [2.05, 4.69) is 15.0 Å². The van der Waals surface area contributed by atoms with E-state index in [9.17, 15) is 13.7 Å². The lowest BCUT2D eigenvalue weighted by molar-refractivity contribution is -0.120. The summed E-state index contributed by atoms with van der Waals surface area (Å²) in [5.41, 5.74) is 1.23. The van der Waals surface area contributed by atoms with Gasteiger partial charge in [-0.1, -0.05) is 28.0 Å². The van der Waals surface area contributed by atoms with E-state index in [1.165, 1.54) is 29.5 Å². The highest BCUT2D eigenvalue weighted by molar-refractivity contribution is 7.87. The maximum atomic E-state index is 13.5. The van der Waals surface area contributed by atoms with Crippen LogP contribution < -0.4 is 14.8 Å². The second kappa shape index (κ2) is 10.2. The summed E-state index contributed by atoms with van der Waals surface area (Å²) < 4.78 is 36.4. The molecule has 3 atom stereocenters. The fraction of sp³-hybridized carbons (Fsp3) is 0.238. The van der Waals surface area contributed by atoms with Gasteiger partial charge in [-0.3, -0.25) is 4.79 Å². The molecule has 2 aromatic carbocycles. The number of nitrogens with zero attached hydrogens (tertiary/aromatic N) is 2. The number of hydrogen-bond acceptors (Lipinski definition) is 7. The normalized spacial score (nSPS) is 21.3. The molecule has 0 saturated carbocycles. The Bertz CT molecular complexity index is 1070. The minimum absolute atomic E-state index is 0.0903. The molecule has 1 aliphatic rings. The lowest BCUT2D eigenvalue weighted by Gasteiger charge is -2.37. The largest absolute Gasteiger partial charge is 0.579 e. The van der Waals surface area contributed by atoms with Crippen LogP contribution >= 0.6 is 22.9 Å². The molecule has 2 N–H and O–H groups in total. The Balaban J connectivity index is 1.58. The molecule has 2 heterocycles. The SMILES string of the molecule is COc1ccc(CN2C(C(=O)Nc3ccc(F)c(Cl)c3)CC(c3nccs3)N[S+]2[O-])cc1. The summed E-state index contributed by atoms with van der Waals surface area (Å²) in [5.74, 6) is -0.229. The first-order valence-electron chi connectivity index (χ1n) is 9.67. The number of halogens is 2. The summed E-state index contributed by atoms with van der Waals surface area (Å²) in [7, 11) is 1.58. The first kappa shape index (κ1) is 23.0. The standard InChI is InChI=1S/C21H20ClFN4O3S2/c1-30-15-5-2-13(3-6-15)12-27-19(11-18(26-32(27)29)21-24-8-9-31-21)20(28)25-14-4-7-17(23)16(22)10-14/h2-10,18-19,26H,11-12H2,1H3,(H,25,28). The van der Waals surface area contributed by atoms with Crippen molar-refractivity contribution in [1.82, 2.24) is 14.0 Å². The number of benzene rings is 2. The van der Waals surface area contributed by atoms with Crippen molar-refractivity contribution in [3.63, 3.8) is 0 Å². The quantitative estimate of drug-likeness (QED) is 0.502. The number of carbonyl (C=O) groups is 1. The Morgan fingerprint density at radius 2 is 2.19 bits per heavy atom. The number of anilines is 1. The topological polar surface area (TPSA) is 89.5 Å².